The van der Waals surface area contributed by atoms with Crippen LogP contribution in [0.25, 0.3) is 0 Å². The maximum atomic E-state index is 13.0. The van der Waals surface area contributed by atoms with Gasteiger partial charge in [0, 0.05) is 6.42 Å². The Bertz CT molecular complexity index is 1540. The fourth-order valence-electron chi connectivity index (χ4n) is 8.70. The van der Waals surface area contributed by atoms with E-state index in [1.165, 1.54) is 167 Å². The summed E-state index contributed by atoms with van der Waals surface area (Å²) in [6.07, 6.45) is 80.7. The number of nitrogens with zero attached hydrogens (tertiary/aromatic N) is 1. The number of quaternary nitrogens is 1. The number of carbonyl (C=O) groups excluding carboxylic acids is 1. The summed E-state index contributed by atoms with van der Waals surface area (Å²) in [7, 11) is 1.24. The van der Waals surface area contributed by atoms with Crippen molar-refractivity contribution in [1.29, 1.82) is 0 Å². The van der Waals surface area contributed by atoms with Gasteiger partial charge in [0.1, 0.15) is 13.2 Å². The summed E-state index contributed by atoms with van der Waals surface area (Å²) in [5.74, 6) is -0.209. The van der Waals surface area contributed by atoms with Gasteiger partial charge in [0.25, 0.3) is 7.82 Å². The van der Waals surface area contributed by atoms with Crippen molar-refractivity contribution in [2.24, 2.45) is 0 Å². The fraction of sp³-hybridized carbons (Fsp3) is 0.742. The summed E-state index contributed by atoms with van der Waals surface area (Å²) in [5.41, 5.74) is 0. The van der Waals surface area contributed by atoms with Crippen molar-refractivity contribution >= 4 is 13.7 Å². The Morgan fingerprint density at radius 3 is 1.24 bits per heavy atom. The van der Waals surface area contributed by atoms with Crippen molar-refractivity contribution < 1.29 is 32.9 Å². The Labute approximate surface area is 464 Å². The molecule has 0 saturated heterocycles. The second kappa shape index (κ2) is 56.2. The number of hydrogen-bond donors (Lipinski definition) is 2. The minimum absolute atomic E-state index is 0.00951. The summed E-state index contributed by atoms with van der Waals surface area (Å²) in [6, 6.07) is -0.909. The third-order valence-corrected chi connectivity index (χ3v) is 14.5. The second-order valence-electron chi connectivity index (χ2n) is 22.0. The highest BCUT2D eigenvalue weighted by molar-refractivity contribution is 7.45. The smallest absolute Gasteiger partial charge is 0.268 e. The average molecular weight is 1070 g/mol. The molecule has 1 amide bonds. The number of rotatable bonds is 56. The van der Waals surface area contributed by atoms with Crippen molar-refractivity contribution in [3.05, 3.63) is 97.2 Å². The lowest BCUT2D eigenvalue weighted by Gasteiger charge is -2.29. The molecule has 0 aromatic carbocycles. The lowest BCUT2D eigenvalue weighted by molar-refractivity contribution is -0.870. The first-order valence-corrected chi connectivity index (χ1v) is 32.6. The maximum absolute atomic E-state index is 13.0. The van der Waals surface area contributed by atoms with E-state index in [2.05, 4.69) is 104 Å². The number of nitrogens with one attached hydrogen (secondary N) is 1. The number of carbonyl (C=O) groups is 1. The lowest BCUT2D eigenvalue weighted by Crippen LogP contribution is -2.45. The minimum Gasteiger partial charge on any atom is -0.756 e. The van der Waals surface area contributed by atoms with Gasteiger partial charge in [-0.15, -0.1) is 0 Å². The van der Waals surface area contributed by atoms with Crippen molar-refractivity contribution in [3.8, 4) is 0 Å². The van der Waals surface area contributed by atoms with Crippen LogP contribution in [0.3, 0.4) is 0 Å². The monoisotopic (exact) mass is 1070 g/mol. The van der Waals surface area contributed by atoms with Crippen molar-refractivity contribution in [3.63, 3.8) is 0 Å². The summed E-state index contributed by atoms with van der Waals surface area (Å²) in [4.78, 5) is 25.5. The molecule has 0 spiro atoms. The van der Waals surface area contributed by atoms with Crippen LogP contribution in [0.4, 0.5) is 0 Å². The van der Waals surface area contributed by atoms with Crippen molar-refractivity contribution in [2.45, 2.75) is 276 Å². The molecule has 0 aliphatic carbocycles. The van der Waals surface area contributed by atoms with Gasteiger partial charge in [-0.3, -0.25) is 9.36 Å². The molecule has 0 fully saturated rings. The van der Waals surface area contributed by atoms with Gasteiger partial charge in [-0.05, 0) is 83.5 Å². The Morgan fingerprint density at radius 1 is 0.480 bits per heavy atom. The van der Waals surface area contributed by atoms with E-state index < -0.39 is 26.6 Å². The molecule has 2 N–H and O–H groups in total. The molecule has 8 nitrogen and oxygen atoms in total. The van der Waals surface area contributed by atoms with E-state index in [4.69, 9.17) is 9.05 Å². The Balaban J connectivity index is 4.16. The van der Waals surface area contributed by atoms with E-state index >= 15 is 0 Å². The summed E-state index contributed by atoms with van der Waals surface area (Å²) in [5, 5.41) is 13.9. The quantitative estimate of drug-likeness (QED) is 0.0272. The van der Waals surface area contributed by atoms with Crippen LogP contribution in [0, 0.1) is 0 Å². The fourth-order valence-corrected chi connectivity index (χ4v) is 9.43. The van der Waals surface area contributed by atoms with Gasteiger partial charge in [0.05, 0.1) is 39.9 Å². The molecule has 0 aromatic rings. The van der Waals surface area contributed by atoms with E-state index in [-0.39, 0.29) is 12.5 Å². The zero-order valence-electron chi connectivity index (χ0n) is 49.5. The standard InChI is InChI=1S/C66H119N2O6P/c1-6-8-10-12-14-16-18-20-22-24-26-28-29-30-31-32-33-34-35-36-37-38-39-40-42-44-46-48-50-52-54-56-58-60-66(70)67-64(63-74-75(71,72)73-62-61-68(3,4)5)65(69)59-57-55-53-51-49-47-45-43-41-27-25-23-21-19-17-15-13-11-9-7-2/h8,10,14,16,20,22,26,28,30-31,33-34,49,51,57,59,64-65,69H,6-7,9,11-13,15,17-19,21,23-25,27,29,32,35-48,50,52-56,58,60-63H2,1-5H3,(H-,67,70,71,72)/b10-8-,16-14-,22-20-,28-26-,31-30-,34-33-,51-49+,59-57+. The van der Waals surface area contributed by atoms with Gasteiger partial charge in [0.2, 0.25) is 5.91 Å². The summed E-state index contributed by atoms with van der Waals surface area (Å²) in [6.45, 7) is 4.53. The maximum Gasteiger partial charge on any atom is 0.268 e. The molecular weight excluding hydrogens is 948 g/mol. The molecule has 0 aromatic heterocycles. The van der Waals surface area contributed by atoms with E-state index in [1.54, 1.807) is 6.08 Å². The number of allylic oxidation sites excluding steroid dienone is 15. The number of aliphatic hydroxyl groups is 1. The van der Waals surface area contributed by atoms with Gasteiger partial charge in [0.15, 0.2) is 0 Å². The highest BCUT2D eigenvalue weighted by atomic mass is 31.2. The summed E-state index contributed by atoms with van der Waals surface area (Å²) >= 11 is 0. The lowest BCUT2D eigenvalue weighted by atomic mass is 10.0. The molecule has 0 aliphatic heterocycles. The predicted octanol–water partition coefficient (Wildman–Crippen LogP) is 18.7. The number of hydrogen-bond acceptors (Lipinski definition) is 6. The summed E-state index contributed by atoms with van der Waals surface area (Å²) < 4.78 is 23.4. The second-order valence-corrected chi connectivity index (χ2v) is 23.4. The molecule has 3 atom stereocenters. The Morgan fingerprint density at radius 2 is 0.827 bits per heavy atom. The molecule has 0 rings (SSSR count). The topological polar surface area (TPSA) is 108 Å². The molecule has 0 saturated carbocycles. The van der Waals surface area contributed by atoms with Gasteiger partial charge >= 0.3 is 0 Å². The van der Waals surface area contributed by atoms with Crippen LogP contribution in [-0.4, -0.2) is 68.5 Å². The minimum atomic E-state index is -4.61. The first kappa shape index (κ1) is 72.4. The van der Waals surface area contributed by atoms with E-state index in [9.17, 15) is 19.4 Å². The van der Waals surface area contributed by atoms with Crippen LogP contribution in [-0.2, 0) is 18.4 Å². The number of likely N-dealkylation sites (N-methyl/N-ethyl adjacent to an activating group) is 1. The molecule has 75 heavy (non-hydrogen) atoms. The third-order valence-electron chi connectivity index (χ3n) is 13.5. The van der Waals surface area contributed by atoms with E-state index in [1.807, 2.05) is 27.2 Å². The normalized spacial score (nSPS) is 14.5. The number of unbranched alkanes of at least 4 members (excludes halogenated alkanes) is 29. The first-order valence-electron chi connectivity index (χ1n) is 31.1. The van der Waals surface area contributed by atoms with Crippen LogP contribution in [0.5, 0.6) is 0 Å². The number of aliphatic hydroxyl groups excluding tert-OH is 1. The van der Waals surface area contributed by atoms with Gasteiger partial charge in [-0.25, -0.2) is 0 Å². The average Bonchev–Trinajstić information content (AvgIpc) is 3.37. The zero-order valence-corrected chi connectivity index (χ0v) is 50.4. The van der Waals surface area contributed by atoms with Crippen molar-refractivity contribution in [2.75, 3.05) is 40.9 Å². The van der Waals surface area contributed by atoms with Crippen LogP contribution in [0.2, 0.25) is 0 Å². The SMILES string of the molecule is CC/C=C\C/C=C\C/C=C\C/C=C\C/C=C\C/C=C\CCCCCCCCCCCCCCCCC(=O)NC(COP(=O)([O-])OCC[N+](C)(C)C)C(O)/C=C/CC/C=C/CCCCCCCCCCCCCCCC. The molecule has 434 valence electrons. The van der Waals surface area contributed by atoms with Gasteiger partial charge in [-0.2, -0.15) is 0 Å². The third kappa shape index (κ3) is 58.9. The van der Waals surface area contributed by atoms with Crippen LogP contribution in [0.15, 0.2) is 97.2 Å². The van der Waals surface area contributed by atoms with Gasteiger partial charge < -0.3 is 28.8 Å². The predicted molar refractivity (Wildman–Crippen MR) is 325 cm³/mol. The van der Waals surface area contributed by atoms with Crippen LogP contribution in [0.1, 0.15) is 264 Å². The van der Waals surface area contributed by atoms with E-state index in [0.717, 1.165) is 77.0 Å². The zero-order chi connectivity index (χ0) is 54.9. The first-order chi connectivity index (χ1) is 36.5. The molecule has 0 aliphatic rings. The number of phosphoric ester groups is 1. The van der Waals surface area contributed by atoms with Crippen LogP contribution >= 0.6 is 7.82 Å². The highest BCUT2D eigenvalue weighted by Crippen LogP contribution is 2.38. The molecule has 0 heterocycles. The van der Waals surface area contributed by atoms with Crippen LogP contribution < -0.4 is 10.2 Å². The Hall–Kier alpha value is -2.58. The molecular formula is C66H119N2O6P. The molecule has 9 heteroatoms. The van der Waals surface area contributed by atoms with Gasteiger partial charge in [-0.1, -0.05) is 272 Å². The highest BCUT2D eigenvalue weighted by Gasteiger charge is 2.23. The largest absolute Gasteiger partial charge is 0.756 e. The Kier molecular flexibility index (Phi) is 54.2. The molecule has 0 bridgehead atoms. The number of phosphoric acid groups is 1. The number of amides is 1. The molecule has 0 radical (unpaired) electrons. The van der Waals surface area contributed by atoms with E-state index in [0.29, 0.717) is 17.4 Å². The van der Waals surface area contributed by atoms with Crippen molar-refractivity contribution in [1.82, 2.24) is 5.32 Å². The molecule has 3 unspecified atom stereocenters.